The first-order valence-electron chi connectivity index (χ1n) is 3.57. The summed E-state index contributed by atoms with van der Waals surface area (Å²) in [6, 6.07) is 2.08. The molecule has 0 bridgehead atoms. The van der Waals surface area contributed by atoms with Crippen molar-refractivity contribution in [3.63, 3.8) is 0 Å². The zero-order valence-electron chi connectivity index (χ0n) is 7.24. The summed E-state index contributed by atoms with van der Waals surface area (Å²) in [4.78, 5) is 0. The number of ether oxygens (including phenoxy) is 1. The Kier molecular flexibility index (Phi) is 3.40. The summed E-state index contributed by atoms with van der Waals surface area (Å²) < 4.78 is 7.56. The molecule has 0 radical (unpaired) electrons. The van der Waals surface area contributed by atoms with Crippen LogP contribution >= 0.6 is 38.5 Å². The van der Waals surface area contributed by atoms with Crippen LogP contribution in [0, 0.1) is 17.4 Å². The van der Waals surface area contributed by atoms with Gasteiger partial charge in [0, 0.05) is 9.13 Å². The molecule has 0 heterocycles. The maximum atomic E-state index is 5.26. The highest BCUT2D eigenvalue weighted by atomic mass is 127. The molecule has 1 aromatic rings. The number of rotatable bonds is 1. The number of benzene rings is 1. The Bertz CT molecular complexity index is 310. The Morgan fingerprint density at radius 1 is 1.42 bits per heavy atom. The molecule has 0 saturated heterocycles. The summed E-state index contributed by atoms with van der Waals surface area (Å²) in [7, 11) is 1.69. The Balaban J connectivity index is 3.40. The molecular formula is C9H10BrIO. The Hall–Kier alpha value is 0.230. The van der Waals surface area contributed by atoms with E-state index in [1.807, 2.05) is 0 Å². The summed E-state index contributed by atoms with van der Waals surface area (Å²) in [5.41, 5.74) is 2.48. The normalized spacial score (nSPS) is 10.1. The van der Waals surface area contributed by atoms with Crippen molar-refractivity contribution in [2.45, 2.75) is 13.8 Å². The minimum Gasteiger partial charge on any atom is -0.495 e. The fraction of sp³-hybridized carbons (Fsp3) is 0.333. The summed E-state index contributed by atoms with van der Waals surface area (Å²) in [5.74, 6) is 0.935. The maximum absolute atomic E-state index is 5.26. The largest absolute Gasteiger partial charge is 0.495 e. The maximum Gasteiger partial charge on any atom is 0.137 e. The molecule has 1 nitrogen and oxygen atoms in total. The third-order valence-corrected chi connectivity index (χ3v) is 4.03. The molecule has 0 N–H and O–H groups in total. The van der Waals surface area contributed by atoms with Gasteiger partial charge in [-0.25, -0.2) is 0 Å². The lowest BCUT2D eigenvalue weighted by atomic mass is 10.1. The van der Waals surface area contributed by atoms with Gasteiger partial charge in [0.25, 0.3) is 0 Å². The number of hydrogen-bond acceptors (Lipinski definition) is 1. The van der Waals surface area contributed by atoms with Gasteiger partial charge in [0.15, 0.2) is 0 Å². The highest BCUT2D eigenvalue weighted by Crippen LogP contribution is 2.33. The van der Waals surface area contributed by atoms with Crippen molar-refractivity contribution < 1.29 is 4.74 Å². The summed E-state index contributed by atoms with van der Waals surface area (Å²) >= 11 is 5.80. The number of hydrogen-bond donors (Lipinski definition) is 0. The van der Waals surface area contributed by atoms with E-state index in [9.17, 15) is 0 Å². The molecule has 1 rings (SSSR count). The van der Waals surface area contributed by atoms with Gasteiger partial charge in [0.05, 0.1) is 11.6 Å². The molecule has 0 saturated carbocycles. The predicted molar refractivity (Wildman–Crippen MR) is 62.9 cm³/mol. The molecule has 12 heavy (non-hydrogen) atoms. The van der Waals surface area contributed by atoms with Gasteiger partial charge in [-0.1, -0.05) is 0 Å². The van der Waals surface area contributed by atoms with E-state index in [-0.39, 0.29) is 0 Å². The Morgan fingerprint density at radius 2 is 2.00 bits per heavy atom. The third kappa shape index (κ3) is 1.76. The van der Waals surface area contributed by atoms with Crippen molar-refractivity contribution in [3.05, 3.63) is 25.2 Å². The van der Waals surface area contributed by atoms with Crippen LogP contribution < -0.4 is 4.74 Å². The van der Waals surface area contributed by atoms with E-state index in [4.69, 9.17) is 4.74 Å². The average molecular weight is 341 g/mol. The quantitative estimate of drug-likeness (QED) is 0.709. The molecule has 0 aliphatic carbocycles. The lowest BCUT2D eigenvalue weighted by Gasteiger charge is -2.10. The minimum atomic E-state index is 0.935. The topological polar surface area (TPSA) is 9.23 Å². The van der Waals surface area contributed by atoms with Crippen molar-refractivity contribution in [2.24, 2.45) is 0 Å². The number of methoxy groups -OCH3 is 1. The minimum absolute atomic E-state index is 0.935. The van der Waals surface area contributed by atoms with Crippen LogP contribution in [-0.2, 0) is 0 Å². The monoisotopic (exact) mass is 340 g/mol. The number of halogens is 2. The van der Waals surface area contributed by atoms with E-state index in [0.717, 1.165) is 10.2 Å². The second-order valence-corrected chi connectivity index (χ2v) is 4.58. The van der Waals surface area contributed by atoms with E-state index in [0.29, 0.717) is 0 Å². The Morgan fingerprint density at radius 3 is 2.50 bits per heavy atom. The fourth-order valence-electron chi connectivity index (χ4n) is 1.14. The fourth-order valence-corrected chi connectivity index (χ4v) is 2.35. The molecule has 66 valence electrons. The summed E-state index contributed by atoms with van der Waals surface area (Å²) in [6.07, 6.45) is 0. The van der Waals surface area contributed by atoms with Crippen molar-refractivity contribution in [2.75, 3.05) is 7.11 Å². The highest BCUT2D eigenvalue weighted by Gasteiger charge is 2.09. The van der Waals surface area contributed by atoms with Crippen LogP contribution in [0.25, 0.3) is 0 Å². The Labute approximate surface area is 94.8 Å². The van der Waals surface area contributed by atoms with Crippen molar-refractivity contribution in [1.29, 1.82) is 0 Å². The highest BCUT2D eigenvalue weighted by molar-refractivity contribution is 14.1. The molecule has 0 aliphatic heterocycles. The van der Waals surface area contributed by atoms with Gasteiger partial charge in [-0.05, 0) is 64.0 Å². The molecular weight excluding hydrogens is 331 g/mol. The zero-order chi connectivity index (χ0) is 9.30. The average Bonchev–Trinajstić information content (AvgIpc) is 2.01. The van der Waals surface area contributed by atoms with Crippen molar-refractivity contribution >= 4 is 38.5 Å². The van der Waals surface area contributed by atoms with Crippen LogP contribution in [0.3, 0.4) is 0 Å². The van der Waals surface area contributed by atoms with E-state index >= 15 is 0 Å². The first-order chi connectivity index (χ1) is 5.57. The molecule has 0 aromatic heterocycles. The summed E-state index contributed by atoms with van der Waals surface area (Å²) in [5, 5.41) is 0. The van der Waals surface area contributed by atoms with E-state index in [1.165, 1.54) is 14.7 Å². The number of aryl methyl sites for hydroxylation is 1. The van der Waals surface area contributed by atoms with Gasteiger partial charge >= 0.3 is 0 Å². The first kappa shape index (κ1) is 10.3. The molecule has 3 heteroatoms. The molecule has 1 aromatic carbocycles. The standard InChI is InChI=1S/C9H10BrIO/c1-5-4-7(10)9(12-3)6(2)8(5)11/h4H,1-3H3. The third-order valence-electron chi connectivity index (χ3n) is 1.78. The molecule has 0 unspecified atom stereocenters. The lowest BCUT2D eigenvalue weighted by molar-refractivity contribution is 0.408. The van der Waals surface area contributed by atoms with Crippen LogP contribution in [0.1, 0.15) is 11.1 Å². The van der Waals surface area contributed by atoms with Crippen molar-refractivity contribution in [3.8, 4) is 5.75 Å². The first-order valence-corrected chi connectivity index (χ1v) is 5.44. The van der Waals surface area contributed by atoms with E-state index < -0.39 is 0 Å². The van der Waals surface area contributed by atoms with Crippen LogP contribution in [0.5, 0.6) is 5.75 Å². The smallest absolute Gasteiger partial charge is 0.137 e. The van der Waals surface area contributed by atoms with Gasteiger partial charge in [0.2, 0.25) is 0 Å². The van der Waals surface area contributed by atoms with Crippen LogP contribution in [-0.4, -0.2) is 7.11 Å². The molecule has 0 atom stereocenters. The van der Waals surface area contributed by atoms with Crippen molar-refractivity contribution in [1.82, 2.24) is 0 Å². The van der Waals surface area contributed by atoms with Crippen LogP contribution in [0.4, 0.5) is 0 Å². The second kappa shape index (κ2) is 3.96. The van der Waals surface area contributed by atoms with Gasteiger partial charge in [-0.15, -0.1) is 0 Å². The van der Waals surface area contributed by atoms with Crippen LogP contribution in [0.15, 0.2) is 10.5 Å². The van der Waals surface area contributed by atoms with Crippen LogP contribution in [0.2, 0.25) is 0 Å². The predicted octanol–water partition coefficient (Wildman–Crippen LogP) is 3.68. The summed E-state index contributed by atoms with van der Waals surface area (Å²) in [6.45, 7) is 4.16. The van der Waals surface area contributed by atoms with Gasteiger partial charge in [-0.3, -0.25) is 0 Å². The zero-order valence-corrected chi connectivity index (χ0v) is 11.0. The molecule has 0 spiro atoms. The second-order valence-electron chi connectivity index (χ2n) is 2.65. The molecule has 0 amide bonds. The van der Waals surface area contributed by atoms with Gasteiger partial charge < -0.3 is 4.74 Å². The van der Waals surface area contributed by atoms with Gasteiger partial charge in [0.1, 0.15) is 5.75 Å². The van der Waals surface area contributed by atoms with E-state index in [2.05, 4.69) is 58.4 Å². The van der Waals surface area contributed by atoms with Gasteiger partial charge in [-0.2, -0.15) is 0 Å². The molecule has 0 aliphatic rings. The lowest BCUT2D eigenvalue weighted by Crippen LogP contribution is -1.93. The SMILES string of the molecule is COc1c(Br)cc(C)c(I)c1C. The molecule has 0 fully saturated rings. The van der Waals surface area contributed by atoms with E-state index in [1.54, 1.807) is 7.11 Å².